The van der Waals surface area contributed by atoms with Crippen molar-refractivity contribution in [3.8, 4) is 5.75 Å². The molecule has 3 heterocycles. The van der Waals surface area contributed by atoms with Crippen LogP contribution in [0.4, 0.5) is 0 Å². The number of nitrogens with one attached hydrogen (secondary N) is 1. The van der Waals surface area contributed by atoms with E-state index in [0.29, 0.717) is 11.9 Å². The van der Waals surface area contributed by atoms with E-state index in [1.54, 1.807) is 7.11 Å². The molecule has 0 radical (unpaired) electrons. The Morgan fingerprint density at radius 2 is 2.29 bits per heavy atom. The van der Waals surface area contributed by atoms with Crippen molar-refractivity contribution in [1.82, 2.24) is 10.2 Å². The Labute approximate surface area is 125 Å². The molecule has 3 unspecified atom stereocenters. The number of hydrogen-bond acceptors (Lipinski definition) is 3. The maximum atomic E-state index is 12.8. The largest absolute Gasteiger partial charge is 0.496 e. The lowest BCUT2D eigenvalue weighted by Crippen LogP contribution is -2.57. The van der Waals surface area contributed by atoms with E-state index in [1.165, 1.54) is 11.1 Å². The molecule has 0 aliphatic carbocycles. The first kappa shape index (κ1) is 13.1. The third kappa shape index (κ3) is 1.96. The third-order valence-corrected chi connectivity index (χ3v) is 5.39. The number of methoxy groups -OCH3 is 1. The first-order valence-electron chi connectivity index (χ1n) is 7.99. The SMILES string of the molecule is COc1cccc2c1CCN1C(=O)C3CCCNC3CC21. The van der Waals surface area contributed by atoms with Crippen molar-refractivity contribution in [2.45, 2.75) is 37.8 Å². The number of hydrogen-bond donors (Lipinski definition) is 1. The molecule has 1 N–H and O–H groups in total. The van der Waals surface area contributed by atoms with Crippen LogP contribution in [0.3, 0.4) is 0 Å². The van der Waals surface area contributed by atoms with Gasteiger partial charge in [0.2, 0.25) is 5.91 Å². The van der Waals surface area contributed by atoms with Gasteiger partial charge in [0.15, 0.2) is 0 Å². The van der Waals surface area contributed by atoms with Crippen LogP contribution in [0.5, 0.6) is 5.75 Å². The highest BCUT2D eigenvalue weighted by Crippen LogP contribution is 2.43. The van der Waals surface area contributed by atoms with Crippen LogP contribution in [-0.4, -0.2) is 37.0 Å². The van der Waals surface area contributed by atoms with E-state index >= 15 is 0 Å². The number of fused-ring (bicyclic) bond motifs is 4. The molecule has 2 saturated heterocycles. The summed E-state index contributed by atoms with van der Waals surface area (Å²) in [6.45, 7) is 1.88. The van der Waals surface area contributed by atoms with Gasteiger partial charge in [0.05, 0.1) is 19.1 Å². The summed E-state index contributed by atoms with van der Waals surface area (Å²) in [6.07, 6.45) is 4.11. The Balaban J connectivity index is 1.72. The van der Waals surface area contributed by atoms with Crippen LogP contribution in [0.25, 0.3) is 0 Å². The molecule has 0 bridgehead atoms. The molecule has 21 heavy (non-hydrogen) atoms. The number of carbonyl (C=O) groups excluding carboxylic acids is 1. The van der Waals surface area contributed by atoms with Gasteiger partial charge >= 0.3 is 0 Å². The van der Waals surface area contributed by atoms with Crippen LogP contribution in [0, 0.1) is 5.92 Å². The standard InChI is InChI=1S/C17H22N2O2/c1-21-16-6-2-4-11-12(16)7-9-19-15(11)10-14-13(17(19)20)5-3-8-18-14/h2,4,6,13-15,18H,3,5,7-10H2,1H3. The van der Waals surface area contributed by atoms with E-state index in [2.05, 4.69) is 16.3 Å². The van der Waals surface area contributed by atoms with Crippen LogP contribution in [-0.2, 0) is 11.2 Å². The van der Waals surface area contributed by atoms with Gasteiger partial charge in [-0.25, -0.2) is 0 Å². The quantitative estimate of drug-likeness (QED) is 0.857. The van der Waals surface area contributed by atoms with Crippen molar-refractivity contribution in [2.75, 3.05) is 20.2 Å². The lowest BCUT2D eigenvalue weighted by Gasteiger charge is -2.48. The zero-order valence-corrected chi connectivity index (χ0v) is 12.5. The summed E-state index contributed by atoms with van der Waals surface area (Å²) in [5, 5.41) is 3.57. The molecule has 4 rings (SSSR count). The second-order valence-corrected chi connectivity index (χ2v) is 6.37. The third-order valence-electron chi connectivity index (χ3n) is 5.39. The van der Waals surface area contributed by atoms with Crippen molar-refractivity contribution in [3.63, 3.8) is 0 Å². The molecular formula is C17H22N2O2. The van der Waals surface area contributed by atoms with Crippen molar-refractivity contribution in [1.29, 1.82) is 0 Å². The summed E-state index contributed by atoms with van der Waals surface area (Å²) >= 11 is 0. The smallest absolute Gasteiger partial charge is 0.227 e. The van der Waals surface area contributed by atoms with Gasteiger partial charge in [-0.15, -0.1) is 0 Å². The Morgan fingerprint density at radius 3 is 3.14 bits per heavy atom. The number of rotatable bonds is 1. The van der Waals surface area contributed by atoms with E-state index < -0.39 is 0 Å². The lowest BCUT2D eigenvalue weighted by atomic mass is 9.77. The molecule has 3 aliphatic heterocycles. The van der Waals surface area contributed by atoms with Gasteiger partial charge in [-0.05, 0) is 43.9 Å². The van der Waals surface area contributed by atoms with Crippen LogP contribution < -0.4 is 10.1 Å². The second kappa shape index (κ2) is 5.02. The highest BCUT2D eigenvalue weighted by molar-refractivity contribution is 5.81. The monoisotopic (exact) mass is 286 g/mol. The minimum absolute atomic E-state index is 0.196. The van der Waals surface area contributed by atoms with Gasteiger partial charge in [0.25, 0.3) is 0 Å². The van der Waals surface area contributed by atoms with Crippen LogP contribution in [0.15, 0.2) is 18.2 Å². The van der Waals surface area contributed by atoms with Crippen LogP contribution >= 0.6 is 0 Å². The van der Waals surface area contributed by atoms with Gasteiger partial charge in [-0.3, -0.25) is 4.79 Å². The molecule has 0 spiro atoms. The Bertz CT molecular complexity index is 572. The fraction of sp³-hybridized carbons (Fsp3) is 0.588. The zero-order chi connectivity index (χ0) is 14.4. The van der Waals surface area contributed by atoms with E-state index in [9.17, 15) is 4.79 Å². The molecule has 3 atom stereocenters. The zero-order valence-electron chi connectivity index (χ0n) is 12.5. The van der Waals surface area contributed by atoms with Crippen molar-refractivity contribution < 1.29 is 9.53 Å². The Hall–Kier alpha value is -1.55. The Morgan fingerprint density at radius 1 is 1.38 bits per heavy atom. The highest BCUT2D eigenvalue weighted by Gasteiger charge is 2.45. The summed E-state index contributed by atoms with van der Waals surface area (Å²) in [4.78, 5) is 14.9. The summed E-state index contributed by atoms with van der Waals surface area (Å²) in [7, 11) is 1.73. The molecule has 112 valence electrons. The molecule has 1 amide bonds. The normalized spacial score (nSPS) is 31.2. The van der Waals surface area contributed by atoms with E-state index in [-0.39, 0.29) is 12.0 Å². The minimum Gasteiger partial charge on any atom is -0.496 e. The van der Waals surface area contributed by atoms with E-state index in [1.807, 2.05) is 12.1 Å². The highest BCUT2D eigenvalue weighted by atomic mass is 16.5. The number of benzene rings is 1. The number of ether oxygens (including phenoxy) is 1. The van der Waals surface area contributed by atoms with Gasteiger partial charge in [0, 0.05) is 18.2 Å². The molecule has 4 heteroatoms. The molecule has 2 fully saturated rings. The van der Waals surface area contributed by atoms with Gasteiger partial charge in [-0.1, -0.05) is 12.1 Å². The molecule has 3 aliphatic rings. The number of piperidine rings is 2. The van der Waals surface area contributed by atoms with Crippen LogP contribution in [0.2, 0.25) is 0 Å². The second-order valence-electron chi connectivity index (χ2n) is 6.37. The lowest BCUT2D eigenvalue weighted by molar-refractivity contribution is -0.145. The maximum Gasteiger partial charge on any atom is 0.227 e. The summed E-state index contributed by atoms with van der Waals surface area (Å²) in [5.74, 6) is 1.53. The van der Waals surface area contributed by atoms with Crippen molar-refractivity contribution in [2.24, 2.45) is 5.92 Å². The molecule has 1 aromatic rings. The van der Waals surface area contributed by atoms with Crippen molar-refractivity contribution in [3.05, 3.63) is 29.3 Å². The number of amides is 1. The van der Waals surface area contributed by atoms with E-state index in [4.69, 9.17) is 4.74 Å². The summed E-state index contributed by atoms with van der Waals surface area (Å²) in [6, 6.07) is 6.82. The van der Waals surface area contributed by atoms with Crippen LogP contribution in [0.1, 0.15) is 36.4 Å². The minimum atomic E-state index is 0.196. The van der Waals surface area contributed by atoms with E-state index in [0.717, 1.165) is 44.5 Å². The number of nitrogens with zero attached hydrogens (tertiary/aromatic N) is 1. The Kier molecular flexibility index (Phi) is 3.14. The molecule has 4 nitrogen and oxygen atoms in total. The average Bonchev–Trinajstić information content (AvgIpc) is 2.54. The topological polar surface area (TPSA) is 41.6 Å². The maximum absolute atomic E-state index is 12.8. The molecule has 1 aromatic carbocycles. The van der Waals surface area contributed by atoms with Gasteiger partial charge < -0.3 is 15.0 Å². The van der Waals surface area contributed by atoms with Gasteiger partial charge in [-0.2, -0.15) is 0 Å². The number of carbonyl (C=O) groups is 1. The molecule has 0 saturated carbocycles. The fourth-order valence-electron chi connectivity index (χ4n) is 4.38. The van der Waals surface area contributed by atoms with Gasteiger partial charge in [0.1, 0.15) is 5.75 Å². The molecular weight excluding hydrogens is 264 g/mol. The summed E-state index contributed by atoms with van der Waals surface area (Å²) < 4.78 is 5.51. The average molecular weight is 286 g/mol. The molecule has 0 aromatic heterocycles. The van der Waals surface area contributed by atoms with Crippen molar-refractivity contribution >= 4 is 5.91 Å². The predicted molar refractivity (Wildman–Crippen MR) is 80.3 cm³/mol. The first-order chi connectivity index (χ1) is 10.3. The summed E-state index contributed by atoms with van der Waals surface area (Å²) in [5.41, 5.74) is 2.59. The predicted octanol–water partition coefficient (Wildman–Crippen LogP) is 1.89. The first-order valence-corrected chi connectivity index (χ1v) is 7.99. The fourth-order valence-corrected chi connectivity index (χ4v) is 4.38.